The number of benzene rings is 1. The summed E-state index contributed by atoms with van der Waals surface area (Å²) in [5.74, 6) is 0.521. The number of halogens is 1. The van der Waals surface area contributed by atoms with E-state index in [9.17, 15) is 4.79 Å². The molecule has 0 aromatic heterocycles. The van der Waals surface area contributed by atoms with Crippen LogP contribution in [0.5, 0.6) is 0 Å². The third kappa shape index (κ3) is 3.72. The van der Waals surface area contributed by atoms with Crippen molar-refractivity contribution >= 4 is 24.0 Å². The molecule has 1 aromatic carbocycles. The maximum atomic E-state index is 11.1. The van der Waals surface area contributed by atoms with E-state index < -0.39 is 0 Å². The van der Waals surface area contributed by atoms with E-state index in [0.29, 0.717) is 5.92 Å². The number of amides is 1. The summed E-state index contributed by atoms with van der Waals surface area (Å²) >= 11 is 0. The van der Waals surface area contributed by atoms with E-state index >= 15 is 0 Å². The van der Waals surface area contributed by atoms with E-state index in [4.69, 9.17) is 0 Å². The summed E-state index contributed by atoms with van der Waals surface area (Å²) < 4.78 is 0. The fraction of sp³-hybridized carbons (Fsp3) is 0.462. The number of rotatable bonds is 2. The van der Waals surface area contributed by atoms with Gasteiger partial charge in [-0.15, -0.1) is 12.4 Å². The van der Waals surface area contributed by atoms with Crippen molar-refractivity contribution in [2.75, 3.05) is 18.4 Å². The van der Waals surface area contributed by atoms with Crippen molar-refractivity contribution in [1.29, 1.82) is 0 Å². The lowest BCUT2D eigenvalue weighted by molar-refractivity contribution is -0.114. The van der Waals surface area contributed by atoms with Crippen LogP contribution in [0.3, 0.4) is 0 Å². The molecule has 3 nitrogen and oxygen atoms in total. The van der Waals surface area contributed by atoms with Gasteiger partial charge in [0, 0.05) is 19.2 Å². The molecule has 4 heteroatoms. The largest absolute Gasteiger partial charge is 0.326 e. The molecule has 0 bridgehead atoms. The van der Waals surface area contributed by atoms with Crippen LogP contribution in [0.1, 0.15) is 31.2 Å². The molecular formula is C13H19ClN2O. The summed E-state index contributed by atoms with van der Waals surface area (Å²) in [6.07, 6.45) is 2.41. The molecule has 1 saturated heterocycles. The van der Waals surface area contributed by atoms with E-state index in [1.165, 1.54) is 18.4 Å². The summed E-state index contributed by atoms with van der Waals surface area (Å²) in [5, 5.41) is 6.31. The molecule has 1 aliphatic rings. The van der Waals surface area contributed by atoms with Crippen LogP contribution in [0.25, 0.3) is 0 Å². The molecule has 2 rings (SSSR count). The van der Waals surface area contributed by atoms with Gasteiger partial charge < -0.3 is 10.6 Å². The van der Waals surface area contributed by atoms with Gasteiger partial charge in [0.2, 0.25) is 5.91 Å². The van der Waals surface area contributed by atoms with Gasteiger partial charge in [-0.25, -0.2) is 0 Å². The molecular weight excluding hydrogens is 236 g/mol. The van der Waals surface area contributed by atoms with E-state index in [1.54, 1.807) is 6.92 Å². The first-order valence-corrected chi connectivity index (χ1v) is 5.84. The maximum absolute atomic E-state index is 11.1. The van der Waals surface area contributed by atoms with Crippen LogP contribution >= 0.6 is 12.4 Å². The van der Waals surface area contributed by atoms with Crippen LogP contribution < -0.4 is 10.6 Å². The van der Waals surface area contributed by atoms with E-state index in [1.807, 2.05) is 18.2 Å². The summed E-state index contributed by atoms with van der Waals surface area (Å²) in [6.45, 7) is 3.67. The molecule has 0 aliphatic carbocycles. The summed E-state index contributed by atoms with van der Waals surface area (Å²) in [5.41, 5.74) is 2.22. The zero-order valence-electron chi connectivity index (χ0n) is 10.0. The van der Waals surface area contributed by atoms with Crippen LogP contribution in [0.15, 0.2) is 24.3 Å². The van der Waals surface area contributed by atoms with Crippen molar-refractivity contribution in [2.45, 2.75) is 25.7 Å². The molecule has 17 heavy (non-hydrogen) atoms. The molecule has 1 aromatic rings. The molecule has 1 atom stereocenters. The van der Waals surface area contributed by atoms with Crippen molar-refractivity contribution in [3.8, 4) is 0 Å². The minimum absolute atomic E-state index is 0. The van der Waals surface area contributed by atoms with Gasteiger partial charge in [-0.2, -0.15) is 0 Å². The minimum Gasteiger partial charge on any atom is -0.326 e. The fourth-order valence-electron chi connectivity index (χ4n) is 2.27. The standard InChI is InChI=1S/C13H18N2O.ClH/c1-10(16)15-13-7-3-2-6-12(13)11-5-4-8-14-9-11;/h2-3,6-7,11,14H,4-5,8-9H2,1H3,(H,15,16);1H. The lowest BCUT2D eigenvalue weighted by Gasteiger charge is -2.25. The van der Waals surface area contributed by atoms with Crippen LogP contribution in [0.2, 0.25) is 0 Å². The SMILES string of the molecule is CC(=O)Nc1ccccc1C1CCCNC1.Cl. The lowest BCUT2D eigenvalue weighted by Crippen LogP contribution is -2.29. The van der Waals surface area contributed by atoms with Crippen LogP contribution in [0.4, 0.5) is 5.69 Å². The highest BCUT2D eigenvalue weighted by Gasteiger charge is 2.17. The topological polar surface area (TPSA) is 41.1 Å². The van der Waals surface area contributed by atoms with Gasteiger partial charge in [-0.3, -0.25) is 4.79 Å². The zero-order chi connectivity index (χ0) is 11.4. The number of carbonyl (C=O) groups is 1. The van der Waals surface area contributed by atoms with Gasteiger partial charge in [0.15, 0.2) is 0 Å². The monoisotopic (exact) mass is 254 g/mol. The van der Waals surface area contributed by atoms with Crippen molar-refractivity contribution in [2.24, 2.45) is 0 Å². The van der Waals surface area contributed by atoms with Gasteiger partial charge in [0.25, 0.3) is 0 Å². The maximum Gasteiger partial charge on any atom is 0.221 e. The van der Waals surface area contributed by atoms with Crippen LogP contribution in [-0.2, 0) is 4.79 Å². The van der Waals surface area contributed by atoms with E-state index in [2.05, 4.69) is 16.7 Å². The Morgan fingerprint density at radius 1 is 1.41 bits per heavy atom. The van der Waals surface area contributed by atoms with E-state index in [0.717, 1.165) is 18.8 Å². The van der Waals surface area contributed by atoms with Crippen molar-refractivity contribution in [1.82, 2.24) is 5.32 Å². The molecule has 94 valence electrons. The molecule has 1 fully saturated rings. The van der Waals surface area contributed by atoms with E-state index in [-0.39, 0.29) is 18.3 Å². The first kappa shape index (κ1) is 14.0. The second kappa shape index (κ2) is 6.62. The Labute approximate surface area is 108 Å². The number of hydrogen-bond donors (Lipinski definition) is 2. The normalized spacial score (nSPS) is 19.2. The van der Waals surface area contributed by atoms with Crippen molar-refractivity contribution < 1.29 is 4.79 Å². The molecule has 0 spiro atoms. The number of para-hydroxylation sites is 1. The lowest BCUT2D eigenvalue weighted by atomic mass is 9.90. The number of carbonyl (C=O) groups excluding carboxylic acids is 1. The van der Waals surface area contributed by atoms with Gasteiger partial charge in [0.05, 0.1) is 0 Å². The quantitative estimate of drug-likeness (QED) is 0.852. The van der Waals surface area contributed by atoms with Gasteiger partial charge in [0.1, 0.15) is 0 Å². The summed E-state index contributed by atoms with van der Waals surface area (Å²) in [6, 6.07) is 8.09. The Hall–Kier alpha value is -1.06. The minimum atomic E-state index is -0.00350. The molecule has 0 radical (unpaired) electrons. The second-order valence-corrected chi connectivity index (χ2v) is 4.31. The predicted octanol–water partition coefficient (Wildman–Crippen LogP) is 2.53. The molecule has 0 saturated carbocycles. The summed E-state index contributed by atoms with van der Waals surface area (Å²) in [4.78, 5) is 11.1. The molecule has 1 aliphatic heterocycles. The highest BCUT2D eigenvalue weighted by atomic mass is 35.5. The zero-order valence-corrected chi connectivity index (χ0v) is 10.8. The van der Waals surface area contributed by atoms with Crippen molar-refractivity contribution in [3.05, 3.63) is 29.8 Å². The number of hydrogen-bond acceptors (Lipinski definition) is 2. The van der Waals surface area contributed by atoms with Crippen LogP contribution in [-0.4, -0.2) is 19.0 Å². The third-order valence-electron chi connectivity index (χ3n) is 3.01. The van der Waals surface area contributed by atoms with Gasteiger partial charge in [-0.1, -0.05) is 18.2 Å². The predicted molar refractivity (Wildman–Crippen MR) is 72.8 cm³/mol. The Bertz CT molecular complexity index is 375. The Balaban J connectivity index is 0.00000144. The summed E-state index contributed by atoms with van der Waals surface area (Å²) in [7, 11) is 0. The Morgan fingerprint density at radius 3 is 2.82 bits per heavy atom. The van der Waals surface area contributed by atoms with Crippen LogP contribution in [0, 0.1) is 0 Å². The highest BCUT2D eigenvalue weighted by Crippen LogP contribution is 2.29. The third-order valence-corrected chi connectivity index (χ3v) is 3.01. The highest BCUT2D eigenvalue weighted by molar-refractivity contribution is 5.89. The first-order chi connectivity index (χ1) is 7.77. The molecule has 2 N–H and O–H groups in total. The van der Waals surface area contributed by atoms with Gasteiger partial charge >= 0.3 is 0 Å². The Kier molecular flexibility index (Phi) is 5.45. The number of nitrogens with one attached hydrogen (secondary N) is 2. The number of anilines is 1. The fourth-order valence-corrected chi connectivity index (χ4v) is 2.27. The van der Waals surface area contributed by atoms with Crippen molar-refractivity contribution in [3.63, 3.8) is 0 Å². The molecule has 1 heterocycles. The molecule has 1 amide bonds. The average Bonchev–Trinajstić information content (AvgIpc) is 2.30. The average molecular weight is 255 g/mol. The molecule has 1 unspecified atom stereocenters. The smallest absolute Gasteiger partial charge is 0.221 e. The van der Waals surface area contributed by atoms with Gasteiger partial charge in [-0.05, 0) is 36.9 Å². The Morgan fingerprint density at radius 2 is 2.18 bits per heavy atom. The number of piperidine rings is 1. The second-order valence-electron chi connectivity index (χ2n) is 4.31. The first-order valence-electron chi connectivity index (χ1n) is 5.84.